The van der Waals surface area contributed by atoms with E-state index in [0.29, 0.717) is 61.2 Å². The van der Waals surface area contributed by atoms with Crippen molar-refractivity contribution >= 4 is 35.6 Å². The summed E-state index contributed by atoms with van der Waals surface area (Å²) in [5.41, 5.74) is 1.76. The maximum absolute atomic E-state index is 13.9. The number of hydroxylamine groups is 2. The van der Waals surface area contributed by atoms with E-state index in [4.69, 9.17) is 9.98 Å². The Morgan fingerprint density at radius 1 is 1.04 bits per heavy atom. The zero-order valence-corrected chi connectivity index (χ0v) is 27.9. The summed E-state index contributed by atoms with van der Waals surface area (Å²) in [4.78, 5) is 65.4. The highest BCUT2D eigenvalue weighted by Gasteiger charge is 2.54. The van der Waals surface area contributed by atoms with Crippen molar-refractivity contribution in [2.75, 3.05) is 26.7 Å². The quantitative estimate of drug-likeness (QED) is 0.218. The second kappa shape index (κ2) is 14.0. The first kappa shape index (κ1) is 33.8. The largest absolute Gasteiger partial charge is 0.344 e. The van der Waals surface area contributed by atoms with Gasteiger partial charge in [-0.15, -0.1) is 0 Å². The van der Waals surface area contributed by atoms with E-state index in [-0.39, 0.29) is 48.3 Å². The highest BCUT2D eigenvalue weighted by Crippen LogP contribution is 2.48. The van der Waals surface area contributed by atoms with Gasteiger partial charge >= 0.3 is 0 Å². The molecular formula is C35H50N6O5. The molecule has 5 rings (SSSR count). The molecular weight excluding hydrogens is 584 g/mol. The van der Waals surface area contributed by atoms with Crippen molar-refractivity contribution in [3.05, 3.63) is 35.9 Å². The summed E-state index contributed by atoms with van der Waals surface area (Å²) in [7, 11) is 1.77. The molecule has 1 aromatic rings. The molecule has 2 saturated carbocycles. The summed E-state index contributed by atoms with van der Waals surface area (Å²) >= 11 is 0. The third kappa shape index (κ3) is 7.51. The van der Waals surface area contributed by atoms with Crippen LogP contribution in [-0.4, -0.2) is 106 Å². The molecule has 4 aliphatic rings. The predicted octanol–water partition coefficient (Wildman–Crippen LogP) is 3.46. The van der Waals surface area contributed by atoms with Gasteiger partial charge in [-0.05, 0) is 43.1 Å². The lowest BCUT2D eigenvalue weighted by Crippen LogP contribution is -2.58. The van der Waals surface area contributed by atoms with Crippen LogP contribution in [0.3, 0.4) is 0 Å². The lowest BCUT2D eigenvalue weighted by molar-refractivity contribution is -0.156. The molecule has 11 nitrogen and oxygen atoms in total. The number of piperidine rings is 1. The monoisotopic (exact) mass is 634 g/mol. The van der Waals surface area contributed by atoms with Gasteiger partial charge in [-0.1, -0.05) is 76.8 Å². The predicted molar refractivity (Wildman–Crippen MR) is 176 cm³/mol. The Bertz CT molecular complexity index is 1340. The number of likely N-dealkylation sites (tertiary alicyclic amines) is 1. The number of fused-ring (bicyclic) bond motifs is 1. The van der Waals surface area contributed by atoms with Crippen molar-refractivity contribution in [2.24, 2.45) is 27.2 Å². The van der Waals surface area contributed by atoms with Crippen LogP contribution in [0.15, 0.2) is 40.3 Å². The maximum Gasteiger partial charge on any atom is 0.273 e. The van der Waals surface area contributed by atoms with Crippen molar-refractivity contribution in [1.82, 2.24) is 20.2 Å². The molecule has 4 unspecified atom stereocenters. The van der Waals surface area contributed by atoms with Crippen LogP contribution in [0.4, 0.5) is 0 Å². The number of carbonyl (C=O) groups excluding carboxylic acids is 4. The number of hydrogen-bond acceptors (Lipinski definition) is 7. The molecule has 4 amide bonds. The van der Waals surface area contributed by atoms with Crippen LogP contribution in [-0.2, 0) is 19.2 Å². The zero-order chi connectivity index (χ0) is 33.2. The van der Waals surface area contributed by atoms with Gasteiger partial charge in [0.2, 0.25) is 18.2 Å². The Hall–Kier alpha value is -3.60. The van der Waals surface area contributed by atoms with E-state index in [2.05, 4.69) is 17.4 Å². The first-order valence-electron chi connectivity index (χ1n) is 16.8. The van der Waals surface area contributed by atoms with Gasteiger partial charge in [-0.2, -0.15) is 0 Å². The molecule has 2 N–H and O–H groups in total. The van der Waals surface area contributed by atoms with Crippen LogP contribution in [0.1, 0.15) is 84.1 Å². The molecule has 0 aromatic heterocycles. The number of hydrogen-bond donors (Lipinski definition) is 2. The van der Waals surface area contributed by atoms with E-state index < -0.39 is 17.4 Å². The molecule has 1 saturated heterocycles. The standard InChI is InChI=1S/C35H50N6O5/c1-22-28(37-30-27(29(30)36-22)24-13-7-6-8-14-24)33(44)40-17-15-26(16-18-40)39(5)34(45)31(35(2,3)4)38-32(43)25(20-41(46)21-42)19-23-11-9-10-12-23/h6-8,13-14,21,23,25-27,29-31,46H,9-12,15-20H2,1-5H3,(H,38,43)/t25?,27?,29?,30?,31-/m1/s1. The van der Waals surface area contributed by atoms with Crippen LogP contribution in [0.5, 0.6) is 0 Å². The van der Waals surface area contributed by atoms with Crippen LogP contribution >= 0.6 is 0 Å². The van der Waals surface area contributed by atoms with Gasteiger partial charge in [0.05, 0.1) is 30.3 Å². The molecule has 2 aliphatic carbocycles. The zero-order valence-electron chi connectivity index (χ0n) is 27.9. The van der Waals surface area contributed by atoms with E-state index in [1.165, 1.54) is 5.56 Å². The first-order valence-corrected chi connectivity index (χ1v) is 16.8. The maximum atomic E-state index is 13.9. The molecule has 2 heterocycles. The fourth-order valence-corrected chi connectivity index (χ4v) is 7.48. The minimum atomic E-state index is -0.793. The molecule has 1 aromatic carbocycles. The van der Waals surface area contributed by atoms with Crippen LogP contribution in [0, 0.1) is 17.3 Å². The molecule has 250 valence electrons. The van der Waals surface area contributed by atoms with Gasteiger partial charge < -0.3 is 15.1 Å². The minimum Gasteiger partial charge on any atom is -0.344 e. The normalized spacial score (nSPS) is 24.7. The fraction of sp³-hybridized carbons (Fsp3) is 0.657. The summed E-state index contributed by atoms with van der Waals surface area (Å²) in [5, 5.41) is 13.4. The molecule has 0 bridgehead atoms. The molecule has 46 heavy (non-hydrogen) atoms. The number of rotatable bonds is 11. The lowest BCUT2D eigenvalue weighted by Gasteiger charge is -2.40. The van der Waals surface area contributed by atoms with E-state index >= 15 is 0 Å². The van der Waals surface area contributed by atoms with Gasteiger partial charge in [0, 0.05) is 32.1 Å². The van der Waals surface area contributed by atoms with Gasteiger partial charge in [-0.3, -0.25) is 34.4 Å². The van der Waals surface area contributed by atoms with Crippen molar-refractivity contribution in [2.45, 2.75) is 103 Å². The van der Waals surface area contributed by atoms with Gasteiger partial charge in [0.1, 0.15) is 11.8 Å². The Morgan fingerprint density at radius 3 is 2.28 bits per heavy atom. The number of carbonyl (C=O) groups is 4. The third-order valence-electron chi connectivity index (χ3n) is 10.3. The Labute approximate surface area is 272 Å². The number of likely N-dealkylation sites (N-methyl/N-ethyl adjacent to an activating group) is 1. The summed E-state index contributed by atoms with van der Waals surface area (Å²) in [5.74, 6) is -0.652. The van der Waals surface area contributed by atoms with Gasteiger partial charge in [-0.25, -0.2) is 5.06 Å². The van der Waals surface area contributed by atoms with Crippen LogP contribution in [0.2, 0.25) is 0 Å². The molecule has 11 heteroatoms. The summed E-state index contributed by atoms with van der Waals surface area (Å²) < 4.78 is 0. The first-order chi connectivity index (χ1) is 21.9. The number of nitrogens with zero attached hydrogens (tertiary/aromatic N) is 5. The number of benzene rings is 1. The molecule has 5 atom stereocenters. The SMILES string of the molecule is CC1=NC2C(N=C1C(=O)N1CCC(N(C)C(=O)[C@@H](NC(=O)C(CC3CCCC3)CN(O)C=O)C(C)(C)C)CC1)C2c1ccccc1. The number of aliphatic imine (C=N–C) groups is 2. The molecule has 2 aliphatic heterocycles. The number of nitrogens with one attached hydrogen (secondary N) is 1. The third-order valence-corrected chi connectivity index (χ3v) is 10.3. The summed E-state index contributed by atoms with van der Waals surface area (Å²) in [6, 6.07) is 9.44. The van der Waals surface area contributed by atoms with E-state index in [1.807, 2.05) is 50.8 Å². The van der Waals surface area contributed by atoms with Crippen molar-refractivity contribution in [1.29, 1.82) is 0 Å². The van der Waals surface area contributed by atoms with Crippen molar-refractivity contribution in [3.8, 4) is 0 Å². The molecule has 0 radical (unpaired) electrons. The number of amides is 4. The lowest BCUT2D eigenvalue weighted by atomic mass is 9.84. The van der Waals surface area contributed by atoms with Crippen molar-refractivity contribution < 1.29 is 24.4 Å². The Balaban J connectivity index is 1.19. The van der Waals surface area contributed by atoms with Crippen LogP contribution in [0.25, 0.3) is 0 Å². The van der Waals surface area contributed by atoms with Gasteiger partial charge in [0.15, 0.2) is 0 Å². The van der Waals surface area contributed by atoms with E-state index in [0.717, 1.165) is 25.7 Å². The van der Waals surface area contributed by atoms with Gasteiger partial charge in [0.25, 0.3) is 5.91 Å². The highest BCUT2D eigenvalue weighted by atomic mass is 16.5. The van der Waals surface area contributed by atoms with Crippen molar-refractivity contribution in [3.63, 3.8) is 0 Å². The topological polar surface area (TPSA) is 135 Å². The second-order valence-electron chi connectivity index (χ2n) is 14.7. The van der Waals surface area contributed by atoms with Crippen LogP contribution < -0.4 is 5.32 Å². The van der Waals surface area contributed by atoms with E-state index in [1.54, 1.807) is 11.9 Å². The Kier molecular flexibility index (Phi) is 10.3. The summed E-state index contributed by atoms with van der Waals surface area (Å²) in [6.45, 7) is 8.51. The average Bonchev–Trinajstić information content (AvgIpc) is 3.48. The highest BCUT2D eigenvalue weighted by molar-refractivity contribution is 6.66. The smallest absolute Gasteiger partial charge is 0.273 e. The minimum absolute atomic E-state index is 0.00698. The fourth-order valence-electron chi connectivity index (χ4n) is 7.48. The second-order valence-corrected chi connectivity index (χ2v) is 14.7. The van der Waals surface area contributed by atoms with E-state index in [9.17, 15) is 24.4 Å². The molecule has 0 spiro atoms. The summed E-state index contributed by atoms with van der Waals surface area (Å²) in [6.07, 6.45) is 6.39. The molecule has 3 fully saturated rings. The average molecular weight is 635 g/mol. The Morgan fingerprint density at radius 2 is 1.67 bits per heavy atom.